The number of rotatable bonds is 2. The molecule has 2 aliphatic heterocycles. The van der Waals surface area contributed by atoms with Gasteiger partial charge in [0.15, 0.2) is 5.82 Å². The number of thiophene rings is 1. The summed E-state index contributed by atoms with van der Waals surface area (Å²) in [4.78, 5) is 15.8. The standard InChI is InChI=1S/C15H18N4O2S/c1-10-16-17-14-9-18(4-5-19(10)14)15(20)8-12-11-3-7-22-13(11)2-6-21-12/h3,7,12H,2,4-6,8-9H2,1H3/t12-/m1/s1. The molecule has 0 aliphatic carbocycles. The first kappa shape index (κ1) is 13.9. The molecular formula is C15H18N4O2S. The van der Waals surface area contributed by atoms with Crippen molar-refractivity contribution in [2.45, 2.75) is 39.0 Å². The maximum atomic E-state index is 12.6. The van der Waals surface area contributed by atoms with E-state index in [0.29, 0.717) is 26.1 Å². The molecule has 22 heavy (non-hydrogen) atoms. The normalized spacial score (nSPS) is 20.6. The van der Waals surface area contributed by atoms with Crippen molar-refractivity contribution in [3.05, 3.63) is 33.5 Å². The molecule has 0 aromatic carbocycles. The molecule has 0 saturated carbocycles. The predicted molar refractivity (Wildman–Crippen MR) is 81.5 cm³/mol. The second kappa shape index (κ2) is 5.48. The van der Waals surface area contributed by atoms with Crippen LogP contribution in [-0.2, 0) is 29.0 Å². The Morgan fingerprint density at radius 1 is 1.45 bits per heavy atom. The van der Waals surface area contributed by atoms with E-state index in [1.54, 1.807) is 11.3 Å². The number of aryl methyl sites for hydroxylation is 1. The van der Waals surface area contributed by atoms with Crippen molar-refractivity contribution < 1.29 is 9.53 Å². The van der Waals surface area contributed by atoms with Gasteiger partial charge in [-0.2, -0.15) is 0 Å². The molecule has 0 saturated heterocycles. The lowest BCUT2D eigenvalue weighted by atomic mass is 10.0. The predicted octanol–water partition coefficient (Wildman–Crippen LogP) is 1.69. The molecule has 4 heterocycles. The van der Waals surface area contributed by atoms with Crippen molar-refractivity contribution in [2.75, 3.05) is 13.2 Å². The first-order chi connectivity index (χ1) is 10.7. The molecule has 2 aliphatic rings. The Bertz CT molecular complexity index is 708. The van der Waals surface area contributed by atoms with Crippen LogP contribution in [0.2, 0.25) is 0 Å². The van der Waals surface area contributed by atoms with Crippen LogP contribution in [0.1, 0.15) is 34.6 Å². The number of carbonyl (C=O) groups is 1. The number of amides is 1. The minimum absolute atomic E-state index is 0.0935. The van der Waals surface area contributed by atoms with E-state index in [-0.39, 0.29) is 12.0 Å². The van der Waals surface area contributed by atoms with Crippen LogP contribution in [0, 0.1) is 6.92 Å². The Hall–Kier alpha value is -1.73. The molecule has 0 N–H and O–H groups in total. The van der Waals surface area contributed by atoms with Gasteiger partial charge in [0.1, 0.15) is 5.82 Å². The van der Waals surface area contributed by atoms with Gasteiger partial charge in [0.2, 0.25) is 5.91 Å². The molecule has 0 unspecified atom stereocenters. The van der Waals surface area contributed by atoms with E-state index in [9.17, 15) is 4.79 Å². The molecular weight excluding hydrogens is 300 g/mol. The summed E-state index contributed by atoms with van der Waals surface area (Å²) in [6.45, 7) is 4.69. The molecule has 0 bridgehead atoms. The number of hydrogen-bond acceptors (Lipinski definition) is 5. The minimum atomic E-state index is -0.0935. The zero-order valence-corrected chi connectivity index (χ0v) is 13.3. The molecule has 2 aromatic rings. The third-order valence-corrected chi connectivity index (χ3v) is 5.42. The van der Waals surface area contributed by atoms with Crippen LogP contribution in [0.5, 0.6) is 0 Å². The maximum absolute atomic E-state index is 12.6. The molecule has 2 aromatic heterocycles. The molecule has 4 rings (SSSR count). The Morgan fingerprint density at radius 3 is 3.27 bits per heavy atom. The summed E-state index contributed by atoms with van der Waals surface area (Å²) in [6, 6.07) is 2.09. The van der Waals surface area contributed by atoms with E-state index in [4.69, 9.17) is 4.74 Å². The van der Waals surface area contributed by atoms with Crippen LogP contribution in [0.4, 0.5) is 0 Å². The summed E-state index contributed by atoms with van der Waals surface area (Å²) in [5.74, 6) is 1.93. The first-order valence-corrected chi connectivity index (χ1v) is 8.44. The highest BCUT2D eigenvalue weighted by Gasteiger charge is 2.29. The van der Waals surface area contributed by atoms with Crippen LogP contribution in [0.15, 0.2) is 11.4 Å². The Labute approximate surface area is 132 Å². The molecule has 7 heteroatoms. The Morgan fingerprint density at radius 2 is 2.36 bits per heavy atom. The zero-order valence-electron chi connectivity index (χ0n) is 12.5. The largest absolute Gasteiger partial charge is 0.373 e. The van der Waals surface area contributed by atoms with Gasteiger partial charge in [-0.05, 0) is 23.9 Å². The number of fused-ring (bicyclic) bond motifs is 2. The van der Waals surface area contributed by atoms with Crippen molar-refractivity contribution >= 4 is 17.2 Å². The lowest BCUT2D eigenvalue weighted by Gasteiger charge is -2.30. The fourth-order valence-corrected chi connectivity index (χ4v) is 4.11. The molecule has 116 valence electrons. The van der Waals surface area contributed by atoms with Gasteiger partial charge in [-0.25, -0.2) is 0 Å². The van der Waals surface area contributed by atoms with Crippen molar-refractivity contribution in [3.63, 3.8) is 0 Å². The summed E-state index contributed by atoms with van der Waals surface area (Å²) < 4.78 is 7.91. The molecule has 1 amide bonds. The monoisotopic (exact) mass is 318 g/mol. The van der Waals surface area contributed by atoms with Crippen molar-refractivity contribution in [2.24, 2.45) is 0 Å². The smallest absolute Gasteiger partial charge is 0.226 e. The first-order valence-electron chi connectivity index (χ1n) is 7.56. The number of nitrogens with zero attached hydrogens (tertiary/aromatic N) is 4. The van der Waals surface area contributed by atoms with Crippen LogP contribution < -0.4 is 0 Å². The third kappa shape index (κ3) is 2.34. The molecule has 0 spiro atoms. The van der Waals surface area contributed by atoms with Crippen LogP contribution in [-0.4, -0.2) is 38.7 Å². The highest BCUT2D eigenvalue weighted by molar-refractivity contribution is 7.10. The summed E-state index contributed by atoms with van der Waals surface area (Å²) >= 11 is 1.76. The number of ether oxygens (including phenoxy) is 1. The highest BCUT2D eigenvalue weighted by atomic mass is 32.1. The lowest BCUT2D eigenvalue weighted by Crippen LogP contribution is -2.39. The summed E-state index contributed by atoms with van der Waals surface area (Å²) in [6.07, 6.45) is 1.28. The quantitative estimate of drug-likeness (QED) is 0.845. The summed E-state index contributed by atoms with van der Waals surface area (Å²) in [5.41, 5.74) is 1.20. The van der Waals surface area contributed by atoms with E-state index in [1.807, 2.05) is 11.8 Å². The van der Waals surface area contributed by atoms with Gasteiger partial charge in [0.05, 0.1) is 25.7 Å². The Kier molecular flexibility index (Phi) is 3.46. The molecule has 1 atom stereocenters. The second-order valence-corrected chi connectivity index (χ2v) is 6.74. The van der Waals surface area contributed by atoms with Crippen LogP contribution >= 0.6 is 11.3 Å². The van der Waals surface area contributed by atoms with Crippen molar-refractivity contribution in [1.29, 1.82) is 0 Å². The fraction of sp³-hybridized carbons (Fsp3) is 0.533. The van der Waals surface area contributed by atoms with E-state index >= 15 is 0 Å². The van der Waals surface area contributed by atoms with Gasteiger partial charge < -0.3 is 14.2 Å². The van der Waals surface area contributed by atoms with Crippen molar-refractivity contribution in [3.8, 4) is 0 Å². The minimum Gasteiger partial charge on any atom is -0.373 e. The lowest BCUT2D eigenvalue weighted by molar-refractivity contribution is -0.136. The van der Waals surface area contributed by atoms with E-state index in [1.165, 1.54) is 10.4 Å². The maximum Gasteiger partial charge on any atom is 0.226 e. The summed E-state index contributed by atoms with van der Waals surface area (Å²) in [5, 5.41) is 10.3. The van der Waals surface area contributed by atoms with Gasteiger partial charge in [-0.3, -0.25) is 4.79 Å². The molecule has 0 radical (unpaired) electrons. The highest BCUT2D eigenvalue weighted by Crippen LogP contribution is 2.33. The fourth-order valence-electron chi connectivity index (χ4n) is 3.20. The third-order valence-electron chi connectivity index (χ3n) is 4.43. The van der Waals surface area contributed by atoms with Gasteiger partial charge in [-0.15, -0.1) is 21.5 Å². The molecule has 0 fully saturated rings. The van der Waals surface area contributed by atoms with Gasteiger partial charge in [0.25, 0.3) is 0 Å². The number of aromatic nitrogens is 3. The Balaban J connectivity index is 1.46. The van der Waals surface area contributed by atoms with Crippen molar-refractivity contribution in [1.82, 2.24) is 19.7 Å². The average Bonchev–Trinajstić information content (AvgIpc) is 3.14. The van der Waals surface area contributed by atoms with E-state index in [2.05, 4.69) is 26.2 Å². The second-order valence-electron chi connectivity index (χ2n) is 5.74. The SMILES string of the molecule is Cc1nnc2n1CCN(C(=O)C[C@H]1OCCc3sccc31)C2. The topological polar surface area (TPSA) is 60.2 Å². The van der Waals surface area contributed by atoms with Gasteiger partial charge in [0, 0.05) is 24.4 Å². The number of hydrogen-bond donors (Lipinski definition) is 0. The van der Waals surface area contributed by atoms with E-state index < -0.39 is 0 Å². The van der Waals surface area contributed by atoms with Gasteiger partial charge >= 0.3 is 0 Å². The van der Waals surface area contributed by atoms with E-state index in [0.717, 1.165) is 24.6 Å². The van der Waals surface area contributed by atoms with Gasteiger partial charge in [-0.1, -0.05) is 0 Å². The number of carbonyl (C=O) groups excluding carboxylic acids is 1. The van der Waals surface area contributed by atoms with Crippen LogP contribution in [0.25, 0.3) is 0 Å². The molecule has 6 nitrogen and oxygen atoms in total. The zero-order chi connectivity index (χ0) is 15.1. The van der Waals surface area contributed by atoms with Crippen LogP contribution in [0.3, 0.4) is 0 Å². The average molecular weight is 318 g/mol. The summed E-state index contributed by atoms with van der Waals surface area (Å²) in [7, 11) is 0.